The van der Waals surface area contributed by atoms with Crippen LogP contribution < -0.4 is 78.3 Å². The highest BCUT2D eigenvalue weighted by Crippen LogP contribution is 2.50. The van der Waals surface area contributed by atoms with Gasteiger partial charge < -0.3 is 138 Å². The first-order valence-electron chi connectivity index (χ1n) is 35.5. The molecular weight excluding hydrogens is 1530 g/mol. The number of aliphatic hydroxyl groups excluding tert-OH is 6. The molecule has 13 rings (SSSR count). The standard InChI is InChI=1S/C75H85Cl2N11O25/c1-29(2)17-42(80-5)67(100)87-58-60(95)32-8-15-46(40(76)19-32)109-48-21-34-22-49(64(48)113-74-65(63(98)62(97)50(28-89)111-74)112-53-26-75(4,79)66(99)30(3)108-53)110-47-16-9-33(20-41(47)77)61(96)59-73(106)86-57(69(102)81-27-52(94)82-35-10-12-37(107-6)13-11-35)39-23-36(90)24-45(92)54(39)38-18-31(7-14-44(38)91)55(70(103)88-59)85-71(104)56(34)84-68(101)43(25-51(78)93)83-72(58)105/h7-16,18-24,29-30,42-43,50,53,55-63,65-66,74,80,89-92,95-99H,17,25-28,79H2,1-6H3,(H2,78,93)(H,81,102)(H,82,94)(H,83,105)(H,84,101)(H,85,104)(H,86,106)(H,87,100)(H,88,103)/t30-,42+,43-,50+,53?,55+,56?,57?,58+,59-,60+,61+,62+,63-,65+,66+,74-,75-/m0/s1. The second-order valence-corrected chi connectivity index (χ2v) is 29.2. The van der Waals surface area contributed by atoms with Gasteiger partial charge in [0, 0.05) is 34.8 Å². The van der Waals surface area contributed by atoms with Gasteiger partial charge >= 0.3 is 0 Å². The van der Waals surface area contributed by atoms with Crippen LogP contribution in [0, 0.1) is 5.92 Å². The zero-order valence-corrected chi connectivity index (χ0v) is 62.7. The molecule has 3 unspecified atom stereocenters. The Morgan fingerprint density at radius 1 is 0.699 bits per heavy atom. The molecule has 6 aromatic carbocycles. The summed E-state index contributed by atoms with van der Waals surface area (Å²) < 4.78 is 43.7. The van der Waals surface area contributed by atoms with E-state index in [-0.39, 0.29) is 51.9 Å². The number of aliphatic hydroxyl groups is 6. The van der Waals surface area contributed by atoms with E-state index in [9.17, 15) is 69.9 Å². The van der Waals surface area contributed by atoms with Crippen LogP contribution in [-0.4, -0.2) is 205 Å². The number of hydrogen-bond acceptors (Lipinski definition) is 27. The van der Waals surface area contributed by atoms with E-state index in [0.717, 1.165) is 66.7 Å². The minimum absolute atomic E-state index is 0.109. The van der Waals surface area contributed by atoms with Crippen LogP contribution in [0.5, 0.6) is 51.7 Å². The third kappa shape index (κ3) is 18.5. The van der Waals surface area contributed by atoms with E-state index in [1.807, 2.05) is 13.8 Å². The van der Waals surface area contributed by atoms with Crippen LogP contribution in [-0.2, 0) is 57.4 Å². The summed E-state index contributed by atoms with van der Waals surface area (Å²) in [6, 6.07) is 5.55. The number of anilines is 1. The van der Waals surface area contributed by atoms with Crippen molar-refractivity contribution in [3.63, 3.8) is 0 Å². The summed E-state index contributed by atoms with van der Waals surface area (Å²) >= 11 is 14.3. The van der Waals surface area contributed by atoms with Gasteiger partial charge in [-0.1, -0.05) is 55.2 Å². The predicted molar refractivity (Wildman–Crippen MR) is 396 cm³/mol. The summed E-state index contributed by atoms with van der Waals surface area (Å²) in [7, 11) is 2.90. The van der Waals surface area contributed by atoms with Gasteiger partial charge in [-0.2, -0.15) is 0 Å². The highest BCUT2D eigenvalue weighted by atomic mass is 35.5. The second kappa shape index (κ2) is 34.7. The lowest BCUT2D eigenvalue weighted by Crippen LogP contribution is -2.64. The number of carbonyl (C=O) groups excluding carboxylic acids is 9. The van der Waals surface area contributed by atoms with Crippen molar-refractivity contribution in [3.8, 4) is 62.9 Å². The van der Waals surface area contributed by atoms with Gasteiger partial charge in [-0.05, 0) is 140 Å². The van der Waals surface area contributed by atoms with Gasteiger partial charge in [0.2, 0.25) is 65.2 Å². The Morgan fingerprint density at radius 3 is 1.92 bits per heavy atom. The fourth-order valence-electron chi connectivity index (χ4n) is 13.7. The summed E-state index contributed by atoms with van der Waals surface area (Å²) in [5, 5.41) is 127. The molecule has 113 heavy (non-hydrogen) atoms. The first kappa shape index (κ1) is 83.2. The van der Waals surface area contributed by atoms with Crippen molar-refractivity contribution in [2.24, 2.45) is 17.4 Å². The number of halogens is 2. The molecule has 0 aliphatic carbocycles. The van der Waals surface area contributed by atoms with Crippen molar-refractivity contribution in [1.82, 2.24) is 42.5 Å². The summed E-state index contributed by atoms with van der Waals surface area (Å²) in [4.78, 5) is 134. The molecule has 7 aliphatic rings. The van der Waals surface area contributed by atoms with Crippen LogP contribution in [0.3, 0.4) is 0 Å². The van der Waals surface area contributed by atoms with E-state index in [1.165, 1.54) is 52.3 Å². The first-order chi connectivity index (χ1) is 53.5. The summed E-state index contributed by atoms with van der Waals surface area (Å²) in [5.74, 6) is -15.8. The number of carbonyl (C=O) groups is 9. The summed E-state index contributed by atoms with van der Waals surface area (Å²) in [6.45, 7) is 4.84. The topological polar surface area (TPSA) is 561 Å². The summed E-state index contributed by atoms with van der Waals surface area (Å²) in [6.07, 6.45) is -18.8. The van der Waals surface area contributed by atoms with Crippen LogP contribution in [0.15, 0.2) is 103 Å². The molecule has 36 nitrogen and oxygen atoms in total. The third-order valence-electron chi connectivity index (χ3n) is 19.6. The Bertz CT molecular complexity index is 4660. The minimum atomic E-state index is -2.37. The Morgan fingerprint density at radius 2 is 1.32 bits per heavy atom. The number of amides is 9. The molecule has 9 amide bonds. The SMILES string of the molecule is CN[C@H](CC(C)C)C(=O)N[C@H]1C(=O)N[C@@H](CC(N)=O)C(=O)NC2C(=O)N[C@H]3C(=O)N[C@H](C(=O)NC(C(=O)NCC(=O)Nc4ccc(OC)cc4)c4cc(O)cc(O)c4-c4cc3ccc4O)[C@H](O)c3ccc(c(Cl)c3)Oc3cc2cc(c3O[C@@H]2O[C@H](CO)[C@@H](O)[C@H](O)[C@H]2OC2C[C@](C)(N)[C@H](O)[C@H](C)O2)Oc2ccc(cc2Cl)[C@H]1O. The van der Waals surface area contributed by atoms with Gasteiger partial charge in [0.05, 0.1) is 55.0 Å². The number of likely N-dealkylation sites (N-methyl/N-ethyl adjacent to an activating group) is 1. The number of nitrogens with one attached hydrogen (secondary N) is 9. The van der Waals surface area contributed by atoms with E-state index in [1.54, 1.807) is 12.1 Å². The average molecular weight is 1610 g/mol. The third-order valence-corrected chi connectivity index (χ3v) is 20.2. The highest BCUT2D eigenvalue weighted by molar-refractivity contribution is 6.32. The molecule has 604 valence electrons. The average Bonchev–Trinajstić information content (AvgIpc) is 0.766. The van der Waals surface area contributed by atoms with Gasteiger partial charge in [-0.25, -0.2) is 0 Å². The molecule has 6 aromatic rings. The quantitative estimate of drug-likeness (QED) is 0.0600. The number of phenolic OH excluding ortho intramolecular Hbond substituents is 3. The lowest BCUT2D eigenvalue weighted by molar-refractivity contribution is -0.333. The molecule has 38 heteroatoms. The van der Waals surface area contributed by atoms with E-state index >= 15 is 19.2 Å². The van der Waals surface area contributed by atoms with E-state index < -0.39 is 250 Å². The first-order valence-corrected chi connectivity index (χ1v) is 36.2. The van der Waals surface area contributed by atoms with Crippen molar-refractivity contribution in [3.05, 3.63) is 141 Å². The van der Waals surface area contributed by atoms with Crippen LogP contribution in [0.4, 0.5) is 5.69 Å². The van der Waals surface area contributed by atoms with Crippen LogP contribution >= 0.6 is 23.2 Å². The number of phenols is 3. The summed E-state index contributed by atoms with van der Waals surface area (Å²) in [5.41, 5.74) is 8.40. The Hall–Kier alpha value is -10.7. The highest BCUT2D eigenvalue weighted by Gasteiger charge is 2.52. The normalized spacial score (nSPS) is 27.4. The molecule has 22 N–H and O–H groups in total. The molecule has 2 saturated heterocycles. The van der Waals surface area contributed by atoms with Crippen molar-refractivity contribution in [2.45, 2.75) is 156 Å². The minimum Gasteiger partial charge on any atom is -0.508 e. The zero-order chi connectivity index (χ0) is 81.9. The van der Waals surface area contributed by atoms with Crippen molar-refractivity contribution in [2.75, 3.05) is 32.6 Å². The van der Waals surface area contributed by atoms with Crippen LogP contribution in [0.1, 0.15) is 105 Å². The number of ether oxygens (including phenoxy) is 7. The van der Waals surface area contributed by atoms with Gasteiger partial charge in [0.1, 0.15) is 101 Å². The molecule has 0 aromatic heterocycles. The zero-order valence-electron chi connectivity index (χ0n) is 61.2. The van der Waals surface area contributed by atoms with Gasteiger partial charge in [0.15, 0.2) is 23.9 Å². The smallest absolute Gasteiger partial charge is 0.248 e. The monoisotopic (exact) mass is 1610 g/mol. The molecule has 0 saturated carbocycles. The second-order valence-electron chi connectivity index (χ2n) is 28.4. The maximum Gasteiger partial charge on any atom is 0.248 e. The largest absolute Gasteiger partial charge is 0.508 e. The fraction of sp³-hybridized carbons (Fsp3) is 0.400. The molecule has 18 atom stereocenters. The van der Waals surface area contributed by atoms with Crippen molar-refractivity contribution < 1.29 is 122 Å². The van der Waals surface area contributed by atoms with E-state index in [4.69, 9.17) is 67.8 Å². The Balaban J connectivity index is 1.13. The van der Waals surface area contributed by atoms with E-state index in [0.29, 0.717) is 5.75 Å². The molecule has 7 heterocycles. The number of aromatic hydroxyl groups is 3. The molecule has 11 bridgehead atoms. The van der Waals surface area contributed by atoms with Crippen LogP contribution in [0.2, 0.25) is 10.0 Å². The maximum absolute atomic E-state index is 16.2. The molecular formula is C75H85Cl2N11O25. The predicted octanol–water partition coefficient (Wildman–Crippen LogP) is 0.785. The van der Waals surface area contributed by atoms with Crippen molar-refractivity contribution in [1.29, 1.82) is 0 Å². The fourth-order valence-corrected chi connectivity index (χ4v) is 14.1. The number of rotatable bonds is 17. The lowest BCUT2D eigenvalue weighted by atomic mass is 9.86. The number of fused-ring (bicyclic) bond motifs is 15. The van der Waals surface area contributed by atoms with Crippen LogP contribution in [0.25, 0.3) is 11.1 Å². The number of nitrogens with two attached hydrogens (primary N) is 2. The number of methoxy groups -OCH3 is 1. The van der Waals surface area contributed by atoms with Gasteiger partial charge in [0.25, 0.3) is 0 Å². The van der Waals surface area contributed by atoms with Crippen molar-refractivity contribution >= 4 is 82.1 Å². The maximum atomic E-state index is 16.2. The lowest BCUT2D eigenvalue weighted by Gasteiger charge is -2.47. The van der Waals surface area contributed by atoms with Gasteiger partial charge in [-0.3, -0.25) is 43.2 Å². The number of hydrogen-bond donors (Lipinski definition) is 20. The Labute approximate surface area is 654 Å². The molecule has 0 spiro atoms. The number of primary amides is 1. The number of benzene rings is 6. The van der Waals surface area contributed by atoms with E-state index in [2.05, 4.69) is 47.9 Å². The Kier molecular flexibility index (Phi) is 25.6. The molecule has 0 radical (unpaired) electrons. The van der Waals surface area contributed by atoms with Gasteiger partial charge in [-0.15, -0.1) is 0 Å². The molecule has 2 fully saturated rings. The molecule has 7 aliphatic heterocycles.